The molecule has 1 atom stereocenters. The Kier molecular flexibility index (Phi) is 6.25. The molecule has 0 saturated carbocycles. The summed E-state index contributed by atoms with van der Waals surface area (Å²) in [6.45, 7) is 6.92. The van der Waals surface area contributed by atoms with Crippen LogP contribution in [0.3, 0.4) is 0 Å². The first kappa shape index (κ1) is 15.9. The molecule has 0 heterocycles. The van der Waals surface area contributed by atoms with Crippen molar-refractivity contribution in [2.45, 2.75) is 26.3 Å². The summed E-state index contributed by atoms with van der Waals surface area (Å²) in [5, 5.41) is 9.90. The summed E-state index contributed by atoms with van der Waals surface area (Å²) >= 11 is 0. The third kappa shape index (κ3) is 4.80. The van der Waals surface area contributed by atoms with E-state index in [1.54, 1.807) is 0 Å². The fraction of sp³-hybridized carbons (Fsp3) is 0.600. The van der Waals surface area contributed by atoms with Crippen molar-refractivity contribution in [3.8, 4) is 5.75 Å². The Morgan fingerprint density at radius 3 is 2.47 bits per heavy atom. The molecule has 1 unspecified atom stereocenters. The zero-order valence-corrected chi connectivity index (χ0v) is 12.4. The van der Waals surface area contributed by atoms with E-state index in [0.29, 0.717) is 5.56 Å². The predicted octanol–water partition coefficient (Wildman–Crippen LogP) is 2.87. The van der Waals surface area contributed by atoms with Crippen molar-refractivity contribution < 1.29 is 9.50 Å². The van der Waals surface area contributed by atoms with Crippen LogP contribution in [0, 0.1) is 5.82 Å². The minimum absolute atomic E-state index is 0.00981. The van der Waals surface area contributed by atoms with Crippen molar-refractivity contribution in [1.29, 1.82) is 0 Å². The van der Waals surface area contributed by atoms with Gasteiger partial charge in [-0.1, -0.05) is 6.92 Å². The van der Waals surface area contributed by atoms with Gasteiger partial charge in [0.25, 0.3) is 0 Å². The number of benzene rings is 1. The maximum absolute atomic E-state index is 13.3. The Balaban J connectivity index is 2.85. The van der Waals surface area contributed by atoms with Crippen LogP contribution in [-0.2, 0) is 0 Å². The summed E-state index contributed by atoms with van der Waals surface area (Å²) in [6, 6.07) is 4.15. The van der Waals surface area contributed by atoms with Crippen LogP contribution in [0.1, 0.15) is 31.9 Å². The fourth-order valence-electron chi connectivity index (χ4n) is 2.17. The normalized spacial score (nSPS) is 13.2. The lowest BCUT2D eigenvalue weighted by Gasteiger charge is -2.30. The van der Waals surface area contributed by atoms with Gasteiger partial charge < -0.3 is 10.0 Å². The van der Waals surface area contributed by atoms with Crippen LogP contribution < -0.4 is 0 Å². The van der Waals surface area contributed by atoms with Gasteiger partial charge in [0.05, 0.1) is 0 Å². The highest BCUT2D eigenvalue weighted by Crippen LogP contribution is 2.29. The van der Waals surface area contributed by atoms with Gasteiger partial charge >= 0.3 is 0 Å². The molecule has 0 aliphatic rings. The van der Waals surface area contributed by atoms with Gasteiger partial charge in [-0.25, -0.2) is 4.39 Å². The monoisotopic (exact) mass is 268 g/mol. The number of rotatable bonds is 7. The molecule has 1 aromatic carbocycles. The van der Waals surface area contributed by atoms with Crippen LogP contribution in [0.4, 0.5) is 4.39 Å². The SMILES string of the molecule is CCCN(CCN(C)C)C(C)c1cc(F)ccc1O. The number of phenolic OH excluding ortho intramolecular Hbond substituents is 1. The Labute approximate surface area is 115 Å². The Bertz CT molecular complexity index is 396. The molecule has 0 amide bonds. The first-order chi connectivity index (χ1) is 8.95. The van der Waals surface area contributed by atoms with E-state index < -0.39 is 0 Å². The van der Waals surface area contributed by atoms with Crippen LogP contribution >= 0.6 is 0 Å². The second-order valence-corrected chi connectivity index (χ2v) is 5.22. The molecule has 1 rings (SSSR count). The summed E-state index contributed by atoms with van der Waals surface area (Å²) in [5.74, 6) is -0.136. The lowest BCUT2D eigenvalue weighted by Crippen LogP contribution is -2.34. The third-order valence-electron chi connectivity index (χ3n) is 3.33. The van der Waals surface area contributed by atoms with E-state index >= 15 is 0 Å². The Morgan fingerprint density at radius 1 is 1.21 bits per heavy atom. The van der Waals surface area contributed by atoms with E-state index in [-0.39, 0.29) is 17.6 Å². The van der Waals surface area contributed by atoms with Gasteiger partial charge in [-0.2, -0.15) is 0 Å². The maximum Gasteiger partial charge on any atom is 0.123 e. The molecule has 0 spiro atoms. The van der Waals surface area contributed by atoms with Gasteiger partial charge in [-0.15, -0.1) is 0 Å². The van der Waals surface area contributed by atoms with Gasteiger partial charge in [0.2, 0.25) is 0 Å². The molecule has 19 heavy (non-hydrogen) atoms. The molecule has 108 valence electrons. The molecule has 1 N–H and O–H groups in total. The number of likely N-dealkylation sites (N-methyl/N-ethyl adjacent to an activating group) is 1. The molecule has 4 heteroatoms. The van der Waals surface area contributed by atoms with Crippen molar-refractivity contribution in [3.63, 3.8) is 0 Å². The molecule has 3 nitrogen and oxygen atoms in total. The van der Waals surface area contributed by atoms with E-state index in [1.807, 2.05) is 21.0 Å². The highest BCUT2D eigenvalue weighted by molar-refractivity contribution is 5.34. The van der Waals surface area contributed by atoms with Gasteiger partial charge in [0, 0.05) is 24.7 Å². The average Bonchev–Trinajstić information content (AvgIpc) is 2.36. The van der Waals surface area contributed by atoms with Crippen LogP contribution in [0.15, 0.2) is 18.2 Å². The zero-order valence-electron chi connectivity index (χ0n) is 12.4. The second-order valence-electron chi connectivity index (χ2n) is 5.22. The van der Waals surface area contributed by atoms with Crippen molar-refractivity contribution >= 4 is 0 Å². The minimum Gasteiger partial charge on any atom is -0.508 e. The summed E-state index contributed by atoms with van der Waals surface area (Å²) in [6.07, 6.45) is 1.04. The third-order valence-corrected chi connectivity index (χ3v) is 3.33. The van der Waals surface area contributed by atoms with Crippen LogP contribution in [-0.4, -0.2) is 48.6 Å². The standard InChI is InChI=1S/C15H25FN2O/c1-5-8-18(10-9-17(3)4)12(2)14-11-13(16)6-7-15(14)19/h6-7,11-12,19H,5,8-10H2,1-4H3. The Hall–Kier alpha value is -1.13. The van der Waals surface area contributed by atoms with Crippen molar-refractivity contribution in [3.05, 3.63) is 29.6 Å². The lowest BCUT2D eigenvalue weighted by molar-refractivity contribution is 0.187. The van der Waals surface area contributed by atoms with E-state index in [2.05, 4.69) is 16.7 Å². The minimum atomic E-state index is -0.302. The topological polar surface area (TPSA) is 26.7 Å². The van der Waals surface area contributed by atoms with Gasteiger partial charge in [0.15, 0.2) is 0 Å². The summed E-state index contributed by atoms with van der Waals surface area (Å²) in [7, 11) is 4.07. The molecule has 0 aliphatic carbocycles. The molecular weight excluding hydrogens is 243 g/mol. The molecule has 0 saturated heterocycles. The van der Waals surface area contributed by atoms with Crippen LogP contribution in [0.5, 0.6) is 5.75 Å². The van der Waals surface area contributed by atoms with Crippen molar-refractivity contribution in [2.24, 2.45) is 0 Å². The van der Waals surface area contributed by atoms with Crippen LogP contribution in [0.2, 0.25) is 0 Å². The van der Waals surface area contributed by atoms with E-state index in [9.17, 15) is 9.50 Å². The smallest absolute Gasteiger partial charge is 0.123 e. The van der Waals surface area contributed by atoms with E-state index in [1.165, 1.54) is 18.2 Å². The maximum atomic E-state index is 13.3. The molecule has 0 aliphatic heterocycles. The van der Waals surface area contributed by atoms with Gasteiger partial charge in [-0.3, -0.25) is 4.90 Å². The van der Waals surface area contributed by atoms with Gasteiger partial charge in [-0.05, 0) is 52.2 Å². The van der Waals surface area contributed by atoms with E-state index in [0.717, 1.165) is 26.1 Å². The van der Waals surface area contributed by atoms with Crippen LogP contribution in [0.25, 0.3) is 0 Å². The quantitative estimate of drug-likeness (QED) is 0.823. The Morgan fingerprint density at radius 2 is 1.89 bits per heavy atom. The summed E-state index contributed by atoms with van der Waals surface area (Å²) in [4.78, 5) is 4.40. The number of halogens is 1. The number of aromatic hydroxyl groups is 1. The highest BCUT2D eigenvalue weighted by Gasteiger charge is 2.18. The number of hydrogen-bond donors (Lipinski definition) is 1. The molecule has 0 bridgehead atoms. The number of phenols is 1. The zero-order chi connectivity index (χ0) is 14.4. The highest BCUT2D eigenvalue weighted by atomic mass is 19.1. The van der Waals surface area contributed by atoms with Crippen molar-refractivity contribution in [2.75, 3.05) is 33.7 Å². The molecule has 0 aromatic heterocycles. The molecule has 0 fully saturated rings. The first-order valence-corrected chi connectivity index (χ1v) is 6.83. The summed E-state index contributed by atoms with van der Waals surface area (Å²) < 4.78 is 13.3. The van der Waals surface area contributed by atoms with E-state index in [4.69, 9.17) is 0 Å². The van der Waals surface area contributed by atoms with Gasteiger partial charge in [0.1, 0.15) is 11.6 Å². The number of nitrogens with zero attached hydrogens (tertiary/aromatic N) is 2. The number of hydrogen-bond acceptors (Lipinski definition) is 3. The predicted molar refractivity (Wildman–Crippen MR) is 76.9 cm³/mol. The lowest BCUT2D eigenvalue weighted by atomic mass is 10.1. The summed E-state index contributed by atoms with van der Waals surface area (Å²) in [5.41, 5.74) is 0.659. The second kappa shape index (κ2) is 7.46. The average molecular weight is 268 g/mol. The molecular formula is C15H25FN2O. The molecule has 0 radical (unpaired) electrons. The molecule has 1 aromatic rings. The fourth-order valence-corrected chi connectivity index (χ4v) is 2.17. The van der Waals surface area contributed by atoms with Crippen molar-refractivity contribution in [1.82, 2.24) is 9.80 Å². The first-order valence-electron chi connectivity index (χ1n) is 6.83. The largest absolute Gasteiger partial charge is 0.508 e.